The Morgan fingerprint density at radius 1 is 1.24 bits per heavy atom. The lowest BCUT2D eigenvalue weighted by Crippen LogP contribution is -2.03. The van der Waals surface area contributed by atoms with Crippen molar-refractivity contribution in [3.8, 4) is 5.75 Å². The van der Waals surface area contributed by atoms with Crippen LogP contribution in [0, 0.1) is 10.6 Å². The molecular formula is C16H15FN2OS. The van der Waals surface area contributed by atoms with Gasteiger partial charge in [-0.2, -0.15) is 0 Å². The Kier molecular flexibility index (Phi) is 3.75. The number of benzene rings is 2. The summed E-state index contributed by atoms with van der Waals surface area (Å²) in [6, 6.07) is 12.6. The van der Waals surface area contributed by atoms with Crippen molar-refractivity contribution < 1.29 is 9.13 Å². The van der Waals surface area contributed by atoms with E-state index >= 15 is 0 Å². The lowest BCUT2D eigenvalue weighted by Gasteiger charge is -2.07. The van der Waals surface area contributed by atoms with E-state index in [9.17, 15) is 4.39 Å². The molecule has 0 atom stereocenters. The smallest absolute Gasteiger partial charge is 0.178 e. The number of H-pyrrole nitrogens is 1. The van der Waals surface area contributed by atoms with Gasteiger partial charge in [0.2, 0.25) is 0 Å². The number of rotatable bonds is 4. The fourth-order valence-corrected chi connectivity index (χ4v) is 2.71. The first kappa shape index (κ1) is 13.8. The highest BCUT2D eigenvalue weighted by Crippen LogP contribution is 2.21. The third-order valence-corrected chi connectivity index (χ3v) is 3.87. The van der Waals surface area contributed by atoms with Crippen LogP contribution in [0.3, 0.4) is 0 Å². The number of aromatic nitrogens is 2. The van der Waals surface area contributed by atoms with Gasteiger partial charge in [-0.15, -0.1) is 0 Å². The number of ether oxygens (including phenoxy) is 1. The van der Waals surface area contributed by atoms with Crippen molar-refractivity contribution in [1.82, 2.24) is 9.55 Å². The average molecular weight is 302 g/mol. The van der Waals surface area contributed by atoms with E-state index in [0.29, 0.717) is 23.3 Å². The molecule has 0 bridgehead atoms. The fourth-order valence-electron chi connectivity index (χ4n) is 2.41. The summed E-state index contributed by atoms with van der Waals surface area (Å²) in [4.78, 5) is 3.16. The van der Waals surface area contributed by atoms with Gasteiger partial charge in [0.15, 0.2) is 4.77 Å². The van der Waals surface area contributed by atoms with Crippen molar-refractivity contribution in [1.29, 1.82) is 0 Å². The third kappa shape index (κ3) is 2.69. The Morgan fingerprint density at radius 3 is 2.81 bits per heavy atom. The monoisotopic (exact) mass is 302 g/mol. The van der Waals surface area contributed by atoms with Gasteiger partial charge in [0.25, 0.3) is 0 Å². The Morgan fingerprint density at radius 2 is 2.05 bits per heavy atom. The standard InChI is InChI=1S/C16H15FN2OS/c1-20-12-6-7-14-15(10-12)19(16(21)18-14)9-8-11-4-2-3-5-13(11)17/h2-7,10H,8-9H2,1H3,(H,18,21). The molecular weight excluding hydrogens is 287 g/mol. The molecule has 1 heterocycles. The predicted octanol–water partition coefficient (Wildman–Crippen LogP) is 4.09. The summed E-state index contributed by atoms with van der Waals surface area (Å²) in [5, 5.41) is 0. The maximum atomic E-state index is 13.7. The van der Waals surface area contributed by atoms with Crippen molar-refractivity contribution in [3.05, 3.63) is 58.6 Å². The molecule has 0 saturated heterocycles. The van der Waals surface area contributed by atoms with Crippen LogP contribution >= 0.6 is 12.2 Å². The normalized spacial score (nSPS) is 11.0. The SMILES string of the molecule is COc1ccc2[nH]c(=S)n(CCc3ccccc3F)c2c1. The number of hydrogen-bond acceptors (Lipinski definition) is 2. The molecule has 21 heavy (non-hydrogen) atoms. The minimum atomic E-state index is -0.179. The molecule has 1 aromatic heterocycles. The van der Waals surface area contributed by atoms with Crippen molar-refractivity contribution in [3.63, 3.8) is 0 Å². The third-order valence-electron chi connectivity index (χ3n) is 3.55. The van der Waals surface area contributed by atoms with E-state index in [1.54, 1.807) is 19.2 Å². The van der Waals surface area contributed by atoms with Crippen LogP contribution in [0.25, 0.3) is 11.0 Å². The summed E-state index contributed by atoms with van der Waals surface area (Å²) < 4.78 is 21.5. The van der Waals surface area contributed by atoms with Crippen molar-refractivity contribution >= 4 is 23.3 Å². The number of hydrogen-bond donors (Lipinski definition) is 1. The zero-order chi connectivity index (χ0) is 14.8. The molecule has 0 fully saturated rings. The number of nitrogens with zero attached hydrogens (tertiary/aromatic N) is 1. The van der Waals surface area contributed by atoms with Crippen LogP contribution < -0.4 is 4.74 Å². The minimum absolute atomic E-state index is 0.179. The molecule has 3 aromatic rings. The fraction of sp³-hybridized carbons (Fsp3) is 0.188. The van der Waals surface area contributed by atoms with Gasteiger partial charge < -0.3 is 14.3 Å². The molecule has 0 amide bonds. The van der Waals surface area contributed by atoms with Gasteiger partial charge in [-0.3, -0.25) is 0 Å². The number of imidazole rings is 1. The van der Waals surface area contributed by atoms with E-state index in [4.69, 9.17) is 17.0 Å². The molecule has 0 unspecified atom stereocenters. The maximum Gasteiger partial charge on any atom is 0.178 e. The quantitative estimate of drug-likeness (QED) is 0.736. The lowest BCUT2D eigenvalue weighted by atomic mass is 10.1. The van der Waals surface area contributed by atoms with Crippen LogP contribution in [0.5, 0.6) is 5.75 Å². The van der Waals surface area contributed by atoms with Crippen LogP contribution in [0.15, 0.2) is 42.5 Å². The minimum Gasteiger partial charge on any atom is -0.497 e. The highest BCUT2D eigenvalue weighted by molar-refractivity contribution is 7.71. The molecule has 2 aromatic carbocycles. The van der Waals surface area contributed by atoms with Crippen LogP contribution in [0.2, 0.25) is 0 Å². The first-order valence-electron chi connectivity index (χ1n) is 6.69. The molecule has 0 aliphatic rings. The average Bonchev–Trinajstić information content (AvgIpc) is 2.81. The summed E-state index contributed by atoms with van der Waals surface area (Å²) >= 11 is 5.35. The van der Waals surface area contributed by atoms with E-state index in [0.717, 1.165) is 16.8 Å². The van der Waals surface area contributed by atoms with E-state index in [-0.39, 0.29) is 5.82 Å². The topological polar surface area (TPSA) is 29.9 Å². The summed E-state index contributed by atoms with van der Waals surface area (Å²) in [5.41, 5.74) is 2.61. The molecule has 0 radical (unpaired) electrons. The molecule has 1 N–H and O–H groups in total. The molecule has 3 nitrogen and oxygen atoms in total. The van der Waals surface area contributed by atoms with Gasteiger partial charge >= 0.3 is 0 Å². The van der Waals surface area contributed by atoms with Gasteiger partial charge in [-0.05, 0) is 42.4 Å². The van der Waals surface area contributed by atoms with Crippen molar-refractivity contribution in [2.75, 3.05) is 7.11 Å². The largest absolute Gasteiger partial charge is 0.497 e. The number of aryl methyl sites for hydroxylation is 2. The Hall–Kier alpha value is -2.14. The van der Waals surface area contributed by atoms with Crippen LogP contribution in [-0.2, 0) is 13.0 Å². The van der Waals surface area contributed by atoms with E-state index in [1.165, 1.54) is 6.07 Å². The van der Waals surface area contributed by atoms with Crippen LogP contribution in [0.4, 0.5) is 4.39 Å². The second kappa shape index (κ2) is 5.69. The molecule has 0 spiro atoms. The highest BCUT2D eigenvalue weighted by atomic mass is 32.1. The number of aromatic amines is 1. The first-order valence-corrected chi connectivity index (χ1v) is 7.10. The first-order chi connectivity index (χ1) is 10.2. The highest BCUT2D eigenvalue weighted by Gasteiger charge is 2.07. The van der Waals surface area contributed by atoms with E-state index in [1.807, 2.05) is 28.8 Å². The Labute approximate surface area is 127 Å². The zero-order valence-corrected chi connectivity index (χ0v) is 12.4. The number of methoxy groups -OCH3 is 1. The molecule has 108 valence electrons. The lowest BCUT2D eigenvalue weighted by molar-refractivity contribution is 0.415. The van der Waals surface area contributed by atoms with Crippen molar-refractivity contribution in [2.24, 2.45) is 0 Å². The Bertz CT molecular complexity index is 838. The molecule has 0 aliphatic heterocycles. The van der Waals surface area contributed by atoms with Gasteiger partial charge in [-0.1, -0.05) is 18.2 Å². The summed E-state index contributed by atoms with van der Waals surface area (Å²) in [7, 11) is 1.63. The molecule has 5 heteroatoms. The number of fused-ring (bicyclic) bond motifs is 1. The van der Waals surface area contributed by atoms with Gasteiger partial charge in [0.05, 0.1) is 18.1 Å². The van der Waals surface area contributed by atoms with Gasteiger partial charge in [-0.25, -0.2) is 4.39 Å². The van der Waals surface area contributed by atoms with Crippen molar-refractivity contribution in [2.45, 2.75) is 13.0 Å². The van der Waals surface area contributed by atoms with E-state index in [2.05, 4.69) is 4.98 Å². The molecule has 0 aliphatic carbocycles. The number of halogens is 1. The van der Waals surface area contributed by atoms with Crippen LogP contribution in [-0.4, -0.2) is 16.7 Å². The molecule has 0 saturated carbocycles. The zero-order valence-electron chi connectivity index (χ0n) is 11.6. The second-order valence-electron chi connectivity index (χ2n) is 4.81. The predicted molar refractivity (Wildman–Crippen MR) is 83.8 cm³/mol. The second-order valence-corrected chi connectivity index (χ2v) is 5.19. The number of nitrogens with one attached hydrogen (secondary N) is 1. The maximum absolute atomic E-state index is 13.7. The summed E-state index contributed by atoms with van der Waals surface area (Å²) in [6.45, 7) is 0.618. The van der Waals surface area contributed by atoms with Gasteiger partial charge in [0.1, 0.15) is 11.6 Å². The summed E-state index contributed by atoms with van der Waals surface area (Å²) in [6.07, 6.45) is 0.588. The molecule has 3 rings (SSSR count). The van der Waals surface area contributed by atoms with Gasteiger partial charge in [0, 0.05) is 12.6 Å². The summed E-state index contributed by atoms with van der Waals surface area (Å²) in [5.74, 6) is 0.595. The van der Waals surface area contributed by atoms with E-state index < -0.39 is 0 Å². The Balaban J connectivity index is 1.95. The van der Waals surface area contributed by atoms with Crippen LogP contribution in [0.1, 0.15) is 5.56 Å².